The Kier molecular flexibility index (Phi) is 6.57. The average molecular weight is 665 g/mol. The summed E-state index contributed by atoms with van der Waals surface area (Å²) in [4.78, 5) is 19.3. The number of hydrogen-bond donors (Lipinski definition) is 2. The Morgan fingerprint density at radius 1 is 0.980 bits per heavy atom. The summed E-state index contributed by atoms with van der Waals surface area (Å²) in [7, 11) is 0. The monoisotopic (exact) mass is 664 g/mol. The topological polar surface area (TPSA) is 95.9 Å². The van der Waals surface area contributed by atoms with Gasteiger partial charge in [0.15, 0.2) is 5.82 Å². The van der Waals surface area contributed by atoms with Crippen molar-refractivity contribution in [3.63, 3.8) is 0 Å². The molecular formula is C38H38F2N6O3. The van der Waals surface area contributed by atoms with E-state index in [9.17, 15) is 5.11 Å². The van der Waals surface area contributed by atoms with Gasteiger partial charge in [-0.1, -0.05) is 12.0 Å². The Morgan fingerprint density at radius 3 is 2.47 bits per heavy atom. The highest BCUT2D eigenvalue weighted by atomic mass is 19.1. The van der Waals surface area contributed by atoms with Crippen LogP contribution < -0.4 is 19.7 Å². The number of piperidine rings is 1. The van der Waals surface area contributed by atoms with Gasteiger partial charge in [0.25, 0.3) is 0 Å². The molecule has 2 aromatic heterocycles. The number of anilines is 1. The molecule has 9 nitrogen and oxygen atoms in total. The highest BCUT2D eigenvalue weighted by Gasteiger charge is 2.51. The van der Waals surface area contributed by atoms with E-state index in [1.807, 2.05) is 0 Å². The highest BCUT2D eigenvalue weighted by Crippen LogP contribution is 2.51. The van der Waals surface area contributed by atoms with Crippen LogP contribution in [0.3, 0.4) is 0 Å². The molecular weight excluding hydrogens is 626 g/mol. The van der Waals surface area contributed by atoms with E-state index in [-0.39, 0.29) is 56.9 Å². The minimum absolute atomic E-state index is 0.0196. The lowest BCUT2D eigenvalue weighted by Gasteiger charge is -2.34. The number of terminal acetylenes is 1. The number of rotatable bonds is 9. The van der Waals surface area contributed by atoms with Crippen LogP contribution in [0, 0.1) is 41.2 Å². The third-order valence-corrected chi connectivity index (χ3v) is 11.6. The molecule has 2 N–H and O–H groups in total. The summed E-state index contributed by atoms with van der Waals surface area (Å²) in [5, 5.41) is 15.5. The molecule has 4 atom stereocenters. The molecule has 2 aromatic carbocycles. The fourth-order valence-corrected chi connectivity index (χ4v) is 8.57. The maximum absolute atomic E-state index is 17.2. The summed E-state index contributed by atoms with van der Waals surface area (Å²) in [5.41, 5.74) is 0.0691. The first-order chi connectivity index (χ1) is 23.8. The van der Waals surface area contributed by atoms with E-state index in [1.54, 1.807) is 0 Å². The van der Waals surface area contributed by atoms with Crippen molar-refractivity contribution in [2.75, 3.05) is 44.2 Å². The Balaban J connectivity index is 1.12. The van der Waals surface area contributed by atoms with Crippen LogP contribution in [0.25, 0.3) is 32.9 Å². The fourth-order valence-electron chi connectivity index (χ4n) is 8.57. The number of piperazine rings is 1. The number of aromatic hydroxyl groups is 1. The molecule has 0 amide bonds. The average Bonchev–Trinajstić information content (AvgIpc) is 4.06. The molecule has 3 aliphatic heterocycles. The van der Waals surface area contributed by atoms with Crippen molar-refractivity contribution in [3.05, 3.63) is 41.5 Å². The lowest BCUT2D eigenvalue weighted by molar-refractivity contribution is 0.163. The second-order valence-electron chi connectivity index (χ2n) is 15.4. The third kappa shape index (κ3) is 5.22. The van der Waals surface area contributed by atoms with Crippen LogP contribution in [0.2, 0.25) is 0 Å². The SMILES string of the molecule is C#Cc1c(F)ccc2cc(O)cc(-c3nc(OC4CC4)c4c(N5CC6CCC(C5)N6)nc(OCC5(CN6CC7CC7C6)CC5)nc4c3F)c12. The van der Waals surface area contributed by atoms with Gasteiger partial charge in [-0.15, -0.1) is 6.42 Å². The number of halogens is 2. The van der Waals surface area contributed by atoms with Crippen molar-refractivity contribution >= 4 is 27.5 Å². The summed E-state index contributed by atoms with van der Waals surface area (Å²) in [6, 6.07) is 6.32. The molecule has 252 valence electrons. The van der Waals surface area contributed by atoms with Crippen molar-refractivity contribution in [2.45, 2.75) is 63.1 Å². The molecule has 3 aliphatic carbocycles. The zero-order valence-corrected chi connectivity index (χ0v) is 27.2. The predicted molar refractivity (Wildman–Crippen MR) is 181 cm³/mol. The predicted octanol–water partition coefficient (Wildman–Crippen LogP) is 5.40. The van der Waals surface area contributed by atoms with Gasteiger partial charge < -0.3 is 29.7 Å². The molecule has 11 heteroatoms. The molecule has 3 saturated heterocycles. The molecule has 10 rings (SSSR count). The molecule has 5 heterocycles. The largest absolute Gasteiger partial charge is 0.508 e. The Hall–Kier alpha value is -4.27. The smallest absolute Gasteiger partial charge is 0.319 e. The van der Waals surface area contributed by atoms with E-state index in [1.165, 1.54) is 43.8 Å². The van der Waals surface area contributed by atoms with Crippen molar-refractivity contribution < 1.29 is 23.4 Å². The van der Waals surface area contributed by atoms with Gasteiger partial charge in [0.2, 0.25) is 5.88 Å². The second-order valence-corrected chi connectivity index (χ2v) is 15.4. The van der Waals surface area contributed by atoms with Gasteiger partial charge in [-0.3, -0.25) is 0 Å². The van der Waals surface area contributed by atoms with Crippen molar-refractivity contribution in [3.8, 4) is 41.2 Å². The van der Waals surface area contributed by atoms with Crippen molar-refractivity contribution in [1.82, 2.24) is 25.2 Å². The number of aromatic nitrogens is 3. The van der Waals surface area contributed by atoms with E-state index in [4.69, 9.17) is 30.8 Å². The Bertz CT molecular complexity index is 2060. The summed E-state index contributed by atoms with van der Waals surface area (Å²) in [6.45, 7) is 5.23. The zero-order chi connectivity index (χ0) is 33.0. The third-order valence-electron chi connectivity index (χ3n) is 11.6. The summed E-state index contributed by atoms with van der Waals surface area (Å²) in [5.74, 6) is 3.44. The number of benzene rings is 2. The van der Waals surface area contributed by atoms with Gasteiger partial charge in [-0.2, -0.15) is 9.97 Å². The van der Waals surface area contributed by atoms with Gasteiger partial charge >= 0.3 is 6.01 Å². The lowest BCUT2D eigenvalue weighted by Crippen LogP contribution is -2.51. The maximum Gasteiger partial charge on any atom is 0.319 e. The molecule has 0 radical (unpaired) electrons. The summed E-state index contributed by atoms with van der Waals surface area (Å²) >= 11 is 0. The normalized spacial score (nSPS) is 26.6. The van der Waals surface area contributed by atoms with Crippen molar-refractivity contribution in [1.29, 1.82) is 0 Å². The number of pyridine rings is 1. The highest BCUT2D eigenvalue weighted by molar-refractivity contribution is 6.04. The van der Waals surface area contributed by atoms with Gasteiger partial charge in [-0.05, 0) is 80.4 Å². The minimum Gasteiger partial charge on any atom is -0.508 e. The first-order valence-electron chi connectivity index (χ1n) is 17.7. The second kappa shape index (κ2) is 10.9. The van der Waals surface area contributed by atoms with Crippen LogP contribution in [-0.2, 0) is 0 Å². The molecule has 4 unspecified atom stereocenters. The quantitative estimate of drug-likeness (QED) is 0.228. The van der Waals surface area contributed by atoms with Gasteiger partial charge in [-0.25, -0.2) is 13.8 Å². The Labute approximate surface area is 283 Å². The number of ether oxygens (including phenoxy) is 2. The van der Waals surface area contributed by atoms with E-state index in [2.05, 4.69) is 21.0 Å². The van der Waals surface area contributed by atoms with Crippen LogP contribution in [0.1, 0.15) is 50.5 Å². The van der Waals surface area contributed by atoms with Crippen LogP contribution in [0.15, 0.2) is 24.3 Å². The minimum atomic E-state index is -0.735. The van der Waals surface area contributed by atoms with Crippen LogP contribution >= 0.6 is 0 Å². The molecule has 49 heavy (non-hydrogen) atoms. The number of fused-ring (bicyclic) bond motifs is 5. The van der Waals surface area contributed by atoms with Gasteiger partial charge in [0.05, 0.1) is 12.2 Å². The van der Waals surface area contributed by atoms with E-state index < -0.39 is 11.6 Å². The molecule has 3 saturated carbocycles. The number of phenolic OH excluding ortho intramolecular Hbond substituents is 1. The molecule has 6 fully saturated rings. The van der Waals surface area contributed by atoms with Crippen LogP contribution in [-0.4, -0.2) is 82.5 Å². The van der Waals surface area contributed by atoms with Gasteiger partial charge in [0, 0.05) is 61.2 Å². The van der Waals surface area contributed by atoms with E-state index >= 15 is 8.78 Å². The molecule has 0 spiro atoms. The number of nitrogens with zero attached hydrogens (tertiary/aromatic N) is 5. The van der Waals surface area contributed by atoms with Crippen molar-refractivity contribution in [2.24, 2.45) is 17.3 Å². The van der Waals surface area contributed by atoms with E-state index in [0.717, 1.165) is 56.9 Å². The first-order valence-corrected chi connectivity index (χ1v) is 17.7. The van der Waals surface area contributed by atoms with Crippen LogP contribution in [0.5, 0.6) is 17.6 Å². The number of phenols is 1. The number of hydrogen-bond acceptors (Lipinski definition) is 9. The zero-order valence-electron chi connectivity index (χ0n) is 27.2. The molecule has 6 aliphatic rings. The Morgan fingerprint density at radius 2 is 1.76 bits per heavy atom. The maximum atomic E-state index is 17.2. The first kappa shape index (κ1) is 29.6. The summed E-state index contributed by atoms with van der Waals surface area (Å²) in [6.07, 6.45) is 13.1. The van der Waals surface area contributed by atoms with Gasteiger partial charge in [0.1, 0.15) is 40.1 Å². The molecule has 2 bridgehead atoms. The standard InChI is InChI=1S/C38H38F2N6O3/c1-2-27-29(39)8-3-20-12-25(47)13-28(30(20)27)33-32(40)34-31(36(42-33)49-26-6-7-26)35(46-16-23-4-5-24(17-46)41-23)44-37(43-34)48-19-38(9-10-38)18-45-14-21-11-22(21)15-45/h1,3,8,12-13,21-24,26,41,47H,4-7,9-11,14-19H2. The lowest BCUT2D eigenvalue weighted by atomic mass is 9.95. The number of nitrogens with one attached hydrogen (secondary N) is 1. The number of likely N-dealkylation sites (tertiary alicyclic amines) is 1. The summed E-state index contributed by atoms with van der Waals surface area (Å²) < 4.78 is 45.1. The van der Waals surface area contributed by atoms with E-state index in [0.29, 0.717) is 48.4 Å². The van der Waals surface area contributed by atoms with Crippen LogP contribution in [0.4, 0.5) is 14.6 Å². The fraction of sp³-hybridized carbons (Fsp3) is 0.500. The molecule has 4 aromatic rings.